The first kappa shape index (κ1) is 21.4. The van der Waals surface area contributed by atoms with Crippen molar-refractivity contribution in [1.82, 2.24) is 20.0 Å². The number of nitrogens with one attached hydrogen (secondary N) is 1. The predicted molar refractivity (Wildman–Crippen MR) is 129 cm³/mol. The van der Waals surface area contributed by atoms with Gasteiger partial charge in [-0.25, -0.2) is 0 Å². The van der Waals surface area contributed by atoms with Gasteiger partial charge in [0.1, 0.15) is 0 Å². The van der Waals surface area contributed by atoms with Crippen LogP contribution in [0.15, 0.2) is 72.8 Å². The van der Waals surface area contributed by atoms with Crippen molar-refractivity contribution in [3.8, 4) is 0 Å². The molecule has 1 aromatic heterocycles. The quantitative estimate of drug-likeness (QED) is 0.461. The number of aliphatic hydroxyl groups is 1. The number of benzene rings is 3. The van der Waals surface area contributed by atoms with Crippen LogP contribution in [-0.4, -0.2) is 38.8 Å². The van der Waals surface area contributed by atoms with Gasteiger partial charge in [0, 0.05) is 43.9 Å². The van der Waals surface area contributed by atoms with Crippen molar-refractivity contribution in [2.75, 3.05) is 13.2 Å². The molecule has 1 amide bonds. The zero-order chi connectivity index (χ0) is 22.6. The molecular formula is C27H28N4O2. The summed E-state index contributed by atoms with van der Waals surface area (Å²) in [5.74, 6) is -0.168. The summed E-state index contributed by atoms with van der Waals surface area (Å²) in [6, 6.07) is 24.7. The summed E-state index contributed by atoms with van der Waals surface area (Å²) in [6.07, 6.45) is 0.805. The average Bonchev–Trinajstić information content (AvgIpc) is 3.21. The molecule has 0 bridgehead atoms. The molecule has 0 aliphatic carbocycles. The van der Waals surface area contributed by atoms with E-state index in [1.54, 1.807) is 0 Å². The Kier molecular flexibility index (Phi) is 6.19. The third-order valence-electron chi connectivity index (χ3n) is 6.31. The van der Waals surface area contributed by atoms with Gasteiger partial charge in [-0.05, 0) is 21.9 Å². The second-order valence-electron chi connectivity index (χ2n) is 8.49. The molecule has 168 valence electrons. The van der Waals surface area contributed by atoms with Crippen molar-refractivity contribution in [3.05, 3.63) is 101 Å². The molecule has 4 aromatic rings. The molecule has 0 saturated heterocycles. The van der Waals surface area contributed by atoms with E-state index in [2.05, 4.69) is 57.8 Å². The van der Waals surface area contributed by atoms with Gasteiger partial charge in [0.2, 0.25) is 0 Å². The number of nitrogens with zero attached hydrogens (tertiary/aromatic N) is 3. The number of aliphatic hydroxyl groups excluding tert-OH is 1. The molecule has 2 heterocycles. The molecule has 0 saturated carbocycles. The third-order valence-corrected chi connectivity index (χ3v) is 6.31. The Balaban J connectivity index is 1.38. The first-order valence-electron chi connectivity index (χ1n) is 11.4. The lowest BCUT2D eigenvalue weighted by molar-refractivity contribution is 0.0942. The maximum Gasteiger partial charge on any atom is 0.272 e. The summed E-state index contributed by atoms with van der Waals surface area (Å²) in [4.78, 5) is 15.5. The van der Waals surface area contributed by atoms with Crippen LogP contribution in [0.3, 0.4) is 0 Å². The van der Waals surface area contributed by atoms with Gasteiger partial charge >= 0.3 is 0 Å². The zero-order valence-corrected chi connectivity index (χ0v) is 18.6. The second-order valence-corrected chi connectivity index (χ2v) is 8.49. The summed E-state index contributed by atoms with van der Waals surface area (Å²) in [7, 11) is 0. The fraction of sp³-hybridized carbons (Fsp3) is 0.259. The van der Waals surface area contributed by atoms with E-state index < -0.39 is 0 Å². The maximum atomic E-state index is 13.1. The number of fused-ring (bicyclic) bond motifs is 2. The summed E-state index contributed by atoms with van der Waals surface area (Å²) >= 11 is 0. The molecule has 6 nitrogen and oxygen atoms in total. The monoisotopic (exact) mass is 440 g/mol. The van der Waals surface area contributed by atoms with Crippen LogP contribution in [-0.2, 0) is 32.6 Å². The fourth-order valence-electron chi connectivity index (χ4n) is 4.68. The highest BCUT2D eigenvalue weighted by atomic mass is 16.3. The number of hydrogen-bond acceptors (Lipinski definition) is 4. The first-order chi connectivity index (χ1) is 16.2. The topological polar surface area (TPSA) is 70.4 Å². The molecule has 0 atom stereocenters. The molecule has 2 N–H and O–H groups in total. The normalized spacial score (nSPS) is 13.7. The lowest BCUT2D eigenvalue weighted by Crippen LogP contribution is -2.32. The molecule has 33 heavy (non-hydrogen) atoms. The van der Waals surface area contributed by atoms with Crippen molar-refractivity contribution >= 4 is 16.7 Å². The van der Waals surface area contributed by atoms with Gasteiger partial charge in [0.25, 0.3) is 5.91 Å². The standard InChI is InChI=1S/C27H28N4O2/c32-16-15-31-25-13-14-30(18-22-11-6-10-21-9-4-5-12-23(21)22)19-24(25)26(29-31)27(33)28-17-20-7-2-1-3-8-20/h1-12,32H,13-19H2,(H,28,33). The third kappa shape index (κ3) is 4.53. The van der Waals surface area contributed by atoms with Gasteiger partial charge in [-0.15, -0.1) is 0 Å². The van der Waals surface area contributed by atoms with E-state index in [9.17, 15) is 9.90 Å². The molecule has 6 heteroatoms. The SMILES string of the molecule is O=C(NCc1ccccc1)c1nn(CCO)c2c1CN(Cc1cccc3ccccc13)CC2. The van der Waals surface area contributed by atoms with Gasteiger partial charge in [0.15, 0.2) is 5.69 Å². The molecule has 3 aromatic carbocycles. The van der Waals surface area contributed by atoms with Crippen LogP contribution in [0.1, 0.15) is 32.9 Å². The average molecular weight is 441 g/mol. The maximum absolute atomic E-state index is 13.1. The van der Waals surface area contributed by atoms with Gasteiger partial charge in [-0.2, -0.15) is 5.10 Å². The van der Waals surface area contributed by atoms with E-state index in [4.69, 9.17) is 0 Å². The summed E-state index contributed by atoms with van der Waals surface area (Å²) in [5.41, 5.74) is 4.84. The lowest BCUT2D eigenvalue weighted by atomic mass is 10.0. The number of amides is 1. The van der Waals surface area contributed by atoms with Crippen molar-refractivity contribution in [2.45, 2.75) is 32.6 Å². The van der Waals surface area contributed by atoms with Crippen LogP contribution in [0, 0.1) is 0 Å². The van der Waals surface area contributed by atoms with E-state index in [0.717, 1.165) is 36.3 Å². The van der Waals surface area contributed by atoms with Crippen molar-refractivity contribution in [1.29, 1.82) is 0 Å². The Bertz CT molecular complexity index is 1260. The van der Waals surface area contributed by atoms with E-state index in [1.165, 1.54) is 16.3 Å². The number of rotatable bonds is 7. The number of carbonyl (C=O) groups excluding carboxylic acids is 1. The highest BCUT2D eigenvalue weighted by Crippen LogP contribution is 2.26. The summed E-state index contributed by atoms with van der Waals surface area (Å²) in [6.45, 7) is 3.23. The smallest absolute Gasteiger partial charge is 0.272 e. The summed E-state index contributed by atoms with van der Waals surface area (Å²) < 4.78 is 1.81. The van der Waals surface area contributed by atoms with Crippen LogP contribution in [0.4, 0.5) is 0 Å². The highest BCUT2D eigenvalue weighted by molar-refractivity contribution is 5.94. The van der Waals surface area contributed by atoms with Crippen molar-refractivity contribution in [3.63, 3.8) is 0 Å². The van der Waals surface area contributed by atoms with Crippen molar-refractivity contribution in [2.24, 2.45) is 0 Å². The molecule has 5 rings (SSSR count). The lowest BCUT2D eigenvalue weighted by Gasteiger charge is -2.28. The second kappa shape index (κ2) is 9.57. The molecule has 1 aliphatic rings. The van der Waals surface area contributed by atoms with Crippen LogP contribution >= 0.6 is 0 Å². The largest absolute Gasteiger partial charge is 0.394 e. The Hall–Kier alpha value is -3.48. The Morgan fingerprint density at radius 2 is 1.79 bits per heavy atom. The minimum atomic E-state index is -0.168. The minimum Gasteiger partial charge on any atom is -0.394 e. The van der Waals surface area contributed by atoms with Gasteiger partial charge < -0.3 is 10.4 Å². The van der Waals surface area contributed by atoms with Crippen LogP contribution < -0.4 is 5.32 Å². The van der Waals surface area contributed by atoms with Gasteiger partial charge in [-0.1, -0.05) is 72.8 Å². The molecule has 0 unspecified atom stereocenters. The van der Waals surface area contributed by atoms with Crippen LogP contribution in [0.25, 0.3) is 10.8 Å². The Morgan fingerprint density at radius 3 is 2.64 bits per heavy atom. The number of carbonyl (C=O) groups is 1. The first-order valence-corrected chi connectivity index (χ1v) is 11.4. The Morgan fingerprint density at radius 1 is 1.00 bits per heavy atom. The predicted octanol–water partition coefficient (Wildman–Crippen LogP) is 3.52. The molecule has 1 aliphatic heterocycles. The molecular weight excluding hydrogens is 412 g/mol. The van der Waals surface area contributed by atoms with E-state index in [1.807, 2.05) is 35.0 Å². The van der Waals surface area contributed by atoms with E-state index >= 15 is 0 Å². The number of hydrogen-bond donors (Lipinski definition) is 2. The summed E-state index contributed by atoms with van der Waals surface area (Å²) in [5, 5.41) is 19.6. The fourth-order valence-corrected chi connectivity index (χ4v) is 4.68. The minimum absolute atomic E-state index is 0.00108. The molecule has 0 radical (unpaired) electrons. The number of aromatic nitrogens is 2. The van der Waals surface area contributed by atoms with E-state index in [0.29, 0.717) is 25.3 Å². The Labute approximate surface area is 193 Å². The van der Waals surface area contributed by atoms with Crippen molar-refractivity contribution < 1.29 is 9.90 Å². The highest BCUT2D eigenvalue weighted by Gasteiger charge is 2.28. The molecule has 0 fully saturated rings. The van der Waals surface area contributed by atoms with Crippen LogP contribution in [0.2, 0.25) is 0 Å². The van der Waals surface area contributed by atoms with Gasteiger partial charge in [0.05, 0.1) is 13.2 Å². The molecule has 0 spiro atoms. The van der Waals surface area contributed by atoms with Crippen LogP contribution in [0.5, 0.6) is 0 Å². The van der Waals surface area contributed by atoms with Gasteiger partial charge in [-0.3, -0.25) is 14.4 Å². The van der Waals surface area contributed by atoms with E-state index in [-0.39, 0.29) is 12.5 Å². The zero-order valence-electron chi connectivity index (χ0n) is 18.6.